The molecule has 4 heteroatoms. The standard InChI is InChI=1S/C6H10O3.Au/c1-4(2)6(8)9-5(3)7;/h5,7H,1H2,2-3H3;. The molecule has 10 heavy (non-hydrogen) atoms. The molecule has 0 spiro atoms. The Kier molecular flexibility index (Phi) is 7.14. The minimum Gasteiger partial charge on any atom is -0.433 e. The Morgan fingerprint density at radius 3 is 2.20 bits per heavy atom. The van der Waals surface area contributed by atoms with E-state index in [4.69, 9.17) is 5.11 Å². The van der Waals surface area contributed by atoms with Gasteiger partial charge in [-0.2, -0.15) is 0 Å². The van der Waals surface area contributed by atoms with Gasteiger partial charge >= 0.3 is 5.97 Å². The van der Waals surface area contributed by atoms with Gasteiger partial charge in [0.1, 0.15) is 0 Å². The number of carbonyl (C=O) groups is 1. The largest absolute Gasteiger partial charge is 0.433 e. The monoisotopic (exact) mass is 327 g/mol. The molecule has 0 aromatic heterocycles. The zero-order valence-electron chi connectivity index (χ0n) is 5.85. The molecule has 1 N–H and O–H groups in total. The summed E-state index contributed by atoms with van der Waals surface area (Å²) in [6.07, 6.45) is -1.05. The molecule has 0 aliphatic rings. The fourth-order valence-electron chi connectivity index (χ4n) is 0.255. The molecule has 0 aliphatic carbocycles. The van der Waals surface area contributed by atoms with Gasteiger partial charge in [0.2, 0.25) is 0 Å². The molecule has 0 aromatic carbocycles. The predicted octanol–water partition coefficient (Wildman–Crippen LogP) is 0.441. The third kappa shape index (κ3) is 6.04. The normalized spacial score (nSPS) is 11.1. The second-order valence-electron chi connectivity index (χ2n) is 1.78. The van der Waals surface area contributed by atoms with Crippen molar-refractivity contribution < 1.29 is 37.0 Å². The van der Waals surface area contributed by atoms with Crippen molar-refractivity contribution in [3.63, 3.8) is 0 Å². The Morgan fingerprint density at radius 1 is 1.70 bits per heavy atom. The van der Waals surface area contributed by atoms with Crippen molar-refractivity contribution in [2.75, 3.05) is 0 Å². The quantitative estimate of drug-likeness (QED) is 0.347. The summed E-state index contributed by atoms with van der Waals surface area (Å²) in [5.41, 5.74) is 0.288. The van der Waals surface area contributed by atoms with Crippen molar-refractivity contribution >= 4 is 5.97 Å². The Labute approximate surface area is 75.6 Å². The Balaban J connectivity index is 0. The van der Waals surface area contributed by atoms with Crippen molar-refractivity contribution in [3.8, 4) is 0 Å². The molecule has 0 saturated carbocycles. The summed E-state index contributed by atoms with van der Waals surface area (Å²) in [6, 6.07) is 0. The zero-order chi connectivity index (χ0) is 7.44. The van der Waals surface area contributed by atoms with Gasteiger partial charge in [0.05, 0.1) is 0 Å². The summed E-state index contributed by atoms with van der Waals surface area (Å²) in [5.74, 6) is -0.565. The van der Waals surface area contributed by atoms with Crippen LogP contribution >= 0.6 is 0 Å². The van der Waals surface area contributed by atoms with E-state index in [9.17, 15) is 4.79 Å². The minimum atomic E-state index is -1.05. The molecule has 0 heterocycles. The summed E-state index contributed by atoms with van der Waals surface area (Å²) < 4.78 is 4.33. The number of rotatable bonds is 2. The van der Waals surface area contributed by atoms with Crippen molar-refractivity contribution in [1.82, 2.24) is 0 Å². The molecule has 0 rings (SSSR count). The van der Waals surface area contributed by atoms with Crippen LogP contribution in [0.1, 0.15) is 13.8 Å². The molecule has 0 fully saturated rings. The van der Waals surface area contributed by atoms with E-state index in [2.05, 4.69) is 11.3 Å². The molecule has 1 unspecified atom stereocenters. The van der Waals surface area contributed by atoms with Gasteiger partial charge in [-0.05, 0) is 13.8 Å². The minimum absolute atomic E-state index is 0. The first kappa shape index (κ1) is 12.6. The summed E-state index contributed by atoms with van der Waals surface area (Å²) in [7, 11) is 0. The summed E-state index contributed by atoms with van der Waals surface area (Å²) >= 11 is 0. The number of esters is 1. The number of hydrogen-bond donors (Lipinski definition) is 1. The van der Waals surface area contributed by atoms with Gasteiger partial charge < -0.3 is 9.84 Å². The van der Waals surface area contributed by atoms with E-state index in [-0.39, 0.29) is 28.0 Å². The van der Waals surface area contributed by atoms with Gasteiger partial charge in [0.15, 0.2) is 6.29 Å². The van der Waals surface area contributed by atoms with Gasteiger partial charge in [-0.1, -0.05) is 6.58 Å². The Hall–Kier alpha value is -0.0897. The summed E-state index contributed by atoms with van der Waals surface area (Å²) in [4.78, 5) is 10.5. The Bertz CT molecular complexity index is 131. The number of ether oxygens (including phenoxy) is 1. The maximum absolute atomic E-state index is 10.5. The first-order valence-corrected chi connectivity index (χ1v) is 2.58. The van der Waals surface area contributed by atoms with Crippen molar-refractivity contribution in [1.29, 1.82) is 0 Å². The number of hydrogen-bond acceptors (Lipinski definition) is 3. The first-order valence-electron chi connectivity index (χ1n) is 2.58. The molecule has 0 amide bonds. The molecule has 1 atom stereocenters. The van der Waals surface area contributed by atoms with Crippen LogP contribution in [-0.4, -0.2) is 17.4 Å². The van der Waals surface area contributed by atoms with Crippen LogP contribution < -0.4 is 0 Å². The van der Waals surface area contributed by atoms with Gasteiger partial charge in [-0.25, -0.2) is 4.79 Å². The van der Waals surface area contributed by atoms with E-state index in [1.165, 1.54) is 13.8 Å². The van der Waals surface area contributed by atoms with E-state index in [0.29, 0.717) is 0 Å². The van der Waals surface area contributed by atoms with Crippen molar-refractivity contribution in [2.45, 2.75) is 20.1 Å². The zero-order valence-corrected chi connectivity index (χ0v) is 8.02. The molecular formula is C6H10AuO3. The van der Waals surface area contributed by atoms with Gasteiger partial charge in [0, 0.05) is 28.0 Å². The van der Waals surface area contributed by atoms with E-state index in [1.54, 1.807) is 0 Å². The van der Waals surface area contributed by atoms with Crippen LogP contribution in [0.3, 0.4) is 0 Å². The predicted molar refractivity (Wildman–Crippen MR) is 32.6 cm³/mol. The smallest absolute Gasteiger partial charge is 0.335 e. The fraction of sp³-hybridized carbons (Fsp3) is 0.500. The average Bonchev–Trinajstić information content (AvgIpc) is 1.63. The molecule has 0 aromatic rings. The summed E-state index contributed by atoms with van der Waals surface area (Å²) in [5, 5.41) is 8.49. The van der Waals surface area contributed by atoms with E-state index in [0.717, 1.165) is 0 Å². The number of carbonyl (C=O) groups excluding carboxylic acids is 1. The number of aliphatic hydroxyl groups excluding tert-OH is 1. The maximum Gasteiger partial charge on any atom is 0.335 e. The fourth-order valence-corrected chi connectivity index (χ4v) is 0.255. The third-order valence-corrected chi connectivity index (χ3v) is 0.626. The van der Waals surface area contributed by atoms with Crippen LogP contribution in [0.2, 0.25) is 0 Å². The van der Waals surface area contributed by atoms with Crippen LogP contribution in [0.25, 0.3) is 0 Å². The van der Waals surface area contributed by atoms with Gasteiger partial charge in [-0.3, -0.25) is 0 Å². The second-order valence-corrected chi connectivity index (χ2v) is 1.78. The van der Waals surface area contributed by atoms with Gasteiger partial charge in [-0.15, -0.1) is 0 Å². The third-order valence-electron chi connectivity index (χ3n) is 0.626. The topological polar surface area (TPSA) is 46.5 Å². The SMILES string of the molecule is C=C(C)C(=O)OC(C)O.[Au]. The van der Waals surface area contributed by atoms with Crippen molar-refractivity contribution in [3.05, 3.63) is 12.2 Å². The van der Waals surface area contributed by atoms with Crippen LogP contribution in [0, 0.1) is 0 Å². The molecule has 0 bridgehead atoms. The summed E-state index contributed by atoms with van der Waals surface area (Å²) in [6.45, 7) is 6.20. The average molecular weight is 327 g/mol. The molecular weight excluding hydrogens is 317 g/mol. The van der Waals surface area contributed by atoms with E-state index < -0.39 is 12.3 Å². The maximum atomic E-state index is 10.5. The van der Waals surface area contributed by atoms with Crippen LogP contribution in [0.15, 0.2) is 12.2 Å². The van der Waals surface area contributed by atoms with Gasteiger partial charge in [0.25, 0.3) is 0 Å². The van der Waals surface area contributed by atoms with Crippen LogP contribution in [0.4, 0.5) is 0 Å². The van der Waals surface area contributed by atoms with Crippen molar-refractivity contribution in [2.24, 2.45) is 0 Å². The number of aliphatic hydroxyl groups is 1. The first-order chi connectivity index (χ1) is 4.04. The molecule has 3 nitrogen and oxygen atoms in total. The van der Waals surface area contributed by atoms with E-state index in [1.807, 2.05) is 0 Å². The van der Waals surface area contributed by atoms with E-state index >= 15 is 0 Å². The second kappa shape index (κ2) is 5.68. The molecule has 0 saturated heterocycles. The van der Waals surface area contributed by atoms with Crippen LogP contribution in [-0.2, 0) is 31.9 Å². The molecule has 0 aliphatic heterocycles. The van der Waals surface area contributed by atoms with Crippen LogP contribution in [0.5, 0.6) is 0 Å². The Morgan fingerprint density at radius 2 is 2.10 bits per heavy atom. The molecule has 1 radical (unpaired) electrons. The molecule has 63 valence electrons.